The zero-order valence-corrected chi connectivity index (χ0v) is 18.0. The van der Waals surface area contributed by atoms with E-state index in [1.807, 2.05) is 13.0 Å². The Morgan fingerprint density at radius 3 is 2.63 bits per heavy atom. The molecule has 2 aromatic carbocycles. The lowest BCUT2D eigenvalue weighted by molar-refractivity contribution is -0.116. The number of rotatable bonds is 7. The number of aromatic carboxylic acids is 1. The zero-order valence-electron chi connectivity index (χ0n) is 18.0. The average Bonchev–Trinajstić information content (AvgIpc) is 2.72. The first-order chi connectivity index (χ1) is 14.4. The summed E-state index contributed by atoms with van der Waals surface area (Å²) in [4.78, 5) is 28.4. The van der Waals surface area contributed by atoms with Gasteiger partial charge in [0.2, 0.25) is 5.91 Å². The topological polar surface area (TPSA) is 72.9 Å². The molecule has 1 atom stereocenters. The second kappa shape index (κ2) is 9.65. The number of aryl methyl sites for hydroxylation is 1. The van der Waals surface area contributed by atoms with Crippen LogP contribution in [0.3, 0.4) is 0 Å². The van der Waals surface area contributed by atoms with Crippen LogP contribution in [-0.2, 0) is 4.79 Å². The van der Waals surface area contributed by atoms with Crippen molar-refractivity contribution in [3.63, 3.8) is 0 Å². The fraction of sp³-hybridized carbons (Fsp3) is 0.417. The normalized spacial score (nSPS) is 16.4. The van der Waals surface area contributed by atoms with Crippen LogP contribution >= 0.6 is 0 Å². The number of carboxylic acids is 1. The minimum Gasteiger partial charge on any atom is -0.478 e. The third-order valence-electron chi connectivity index (χ3n) is 5.57. The van der Waals surface area contributed by atoms with Crippen molar-refractivity contribution in [2.75, 3.05) is 34.8 Å². The molecule has 0 bridgehead atoms. The van der Waals surface area contributed by atoms with E-state index in [9.17, 15) is 14.7 Å². The van der Waals surface area contributed by atoms with E-state index in [2.05, 4.69) is 53.2 Å². The molecule has 1 saturated heterocycles. The Hall–Kier alpha value is -3.02. The maximum Gasteiger partial charge on any atom is 0.337 e. The monoisotopic (exact) mass is 409 g/mol. The minimum absolute atomic E-state index is 0.0821. The number of benzene rings is 2. The molecule has 1 amide bonds. The predicted octanol–water partition coefficient (Wildman–Crippen LogP) is 4.54. The third kappa shape index (κ3) is 5.12. The summed E-state index contributed by atoms with van der Waals surface area (Å²) < 4.78 is 0. The number of carbonyl (C=O) groups excluding carboxylic acids is 1. The fourth-order valence-electron chi connectivity index (χ4n) is 3.99. The van der Waals surface area contributed by atoms with Crippen LogP contribution in [0.1, 0.15) is 49.0 Å². The first kappa shape index (κ1) is 21.7. The summed E-state index contributed by atoms with van der Waals surface area (Å²) in [5.41, 5.74) is 3.88. The zero-order chi connectivity index (χ0) is 21.7. The summed E-state index contributed by atoms with van der Waals surface area (Å²) >= 11 is 0. The molecule has 30 heavy (non-hydrogen) atoms. The van der Waals surface area contributed by atoms with E-state index in [0.29, 0.717) is 17.8 Å². The molecular formula is C24H31N3O3. The number of carbonyl (C=O) groups is 2. The first-order valence-corrected chi connectivity index (χ1v) is 10.6. The van der Waals surface area contributed by atoms with Crippen LogP contribution in [0.15, 0.2) is 42.5 Å². The van der Waals surface area contributed by atoms with Crippen molar-refractivity contribution in [1.82, 2.24) is 0 Å². The van der Waals surface area contributed by atoms with Crippen LogP contribution in [0.5, 0.6) is 0 Å². The number of hydrogen-bond acceptors (Lipinski definition) is 4. The Kier molecular flexibility index (Phi) is 6.98. The van der Waals surface area contributed by atoms with Gasteiger partial charge in [0.05, 0.1) is 11.3 Å². The highest BCUT2D eigenvalue weighted by Crippen LogP contribution is 2.29. The minimum atomic E-state index is -0.983. The lowest BCUT2D eigenvalue weighted by atomic mass is 10.1. The highest BCUT2D eigenvalue weighted by atomic mass is 16.4. The highest BCUT2D eigenvalue weighted by Gasteiger charge is 2.27. The van der Waals surface area contributed by atoms with Crippen LogP contribution in [0.2, 0.25) is 0 Å². The number of unbranched alkanes of at least 4 members (excludes halogenated alkanes) is 1. The van der Waals surface area contributed by atoms with Gasteiger partial charge >= 0.3 is 5.97 Å². The molecule has 160 valence electrons. The van der Waals surface area contributed by atoms with Gasteiger partial charge in [0, 0.05) is 43.5 Å². The molecule has 0 unspecified atom stereocenters. The molecule has 0 aliphatic carbocycles. The molecule has 6 nitrogen and oxygen atoms in total. The molecule has 3 rings (SSSR count). The summed E-state index contributed by atoms with van der Waals surface area (Å²) in [6.45, 7) is 8.57. The second-order valence-corrected chi connectivity index (χ2v) is 8.02. The molecule has 1 fully saturated rings. The molecule has 0 radical (unpaired) electrons. The third-order valence-corrected chi connectivity index (χ3v) is 5.57. The van der Waals surface area contributed by atoms with Gasteiger partial charge in [-0.2, -0.15) is 0 Å². The van der Waals surface area contributed by atoms with Crippen molar-refractivity contribution in [2.24, 2.45) is 0 Å². The van der Waals surface area contributed by atoms with Crippen LogP contribution in [-0.4, -0.2) is 42.7 Å². The Morgan fingerprint density at radius 2 is 1.97 bits per heavy atom. The first-order valence-electron chi connectivity index (χ1n) is 10.6. The summed E-state index contributed by atoms with van der Waals surface area (Å²) in [5, 5.41) is 12.6. The smallest absolute Gasteiger partial charge is 0.337 e. The van der Waals surface area contributed by atoms with E-state index < -0.39 is 5.97 Å². The van der Waals surface area contributed by atoms with Gasteiger partial charge in [-0.3, -0.25) is 4.79 Å². The van der Waals surface area contributed by atoms with Crippen molar-refractivity contribution in [1.29, 1.82) is 0 Å². The number of amides is 1. The van der Waals surface area contributed by atoms with E-state index >= 15 is 0 Å². The molecule has 6 heteroatoms. The van der Waals surface area contributed by atoms with Crippen LogP contribution in [0, 0.1) is 6.92 Å². The summed E-state index contributed by atoms with van der Waals surface area (Å²) in [6, 6.07) is 13.9. The van der Waals surface area contributed by atoms with Gasteiger partial charge in [0.25, 0.3) is 0 Å². The molecule has 0 saturated carbocycles. The number of hydrogen-bond donors (Lipinski definition) is 2. The Bertz CT molecular complexity index is 912. The average molecular weight is 410 g/mol. The molecule has 1 aliphatic rings. The molecule has 0 spiro atoms. The van der Waals surface area contributed by atoms with E-state index in [0.717, 1.165) is 32.5 Å². The molecular weight excluding hydrogens is 378 g/mol. The predicted molar refractivity (Wildman–Crippen MR) is 122 cm³/mol. The van der Waals surface area contributed by atoms with Crippen LogP contribution in [0.4, 0.5) is 17.1 Å². The van der Waals surface area contributed by atoms with Crippen LogP contribution in [0.25, 0.3) is 0 Å². The SMILES string of the molecule is CCCCC(=O)Nc1ccc(N2CCN(c3cccc(C)c3)[C@@H](C)C2)c(C(=O)O)c1. The van der Waals surface area contributed by atoms with Gasteiger partial charge in [-0.25, -0.2) is 4.79 Å². The van der Waals surface area contributed by atoms with Crippen molar-refractivity contribution in [2.45, 2.75) is 46.1 Å². The molecule has 0 aromatic heterocycles. The number of nitrogens with one attached hydrogen (secondary N) is 1. The molecule has 2 N–H and O–H groups in total. The number of nitrogens with zero attached hydrogens (tertiary/aromatic N) is 2. The highest BCUT2D eigenvalue weighted by molar-refractivity contribution is 5.98. The van der Waals surface area contributed by atoms with Crippen molar-refractivity contribution >= 4 is 28.9 Å². The van der Waals surface area contributed by atoms with Gasteiger partial charge in [-0.1, -0.05) is 25.5 Å². The lowest BCUT2D eigenvalue weighted by Gasteiger charge is -2.42. The van der Waals surface area contributed by atoms with Gasteiger partial charge in [-0.05, 0) is 56.2 Å². The molecule has 1 aliphatic heterocycles. The Morgan fingerprint density at radius 1 is 1.17 bits per heavy atom. The quantitative estimate of drug-likeness (QED) is 0.703. The van der Waals surface area contributed by atoms with Gasteiger partial charge in [0.15, 0.2) is 0 Å². The fourth-order valence-corrected chi connectivity index (χ4v) is 3.99. The Balaban J connectivity index is 1.75. The second-order valence-electron chi connectivity index (χ2n) is 8.02. The van der Waals surface area contributed by atoms with Gasteiger partial charge < -0.3 is 20.2 Å². The summed E-state index contributed by atoms with van der Waals surface area (Å²) in [5.74, 6) is -1.07. The van der Waals surface area contributed by atoms with Gasteiger partial charge in [-0.15, -0.1) is 0 Å². The van der Waals surface area contributed by atoms with Crippen LogP contribution < -0.4 is 15.1 Å². The largest absolute Gasteiger partial charge is 0.478 e. The van der Waals surface area contributed by atoms with E-state index in [1.165, 1.54) is 11.3 Å². The van der Waals surface area contributed by atoms with Gasteiger partial charge in [0.1, 0.15) is 0 Å². The number of piperazine rings is 1. The molecule has 2 aromatic rings. The maximum atomic E-state index is 12.0. The van der Waals surface area contributed by atoms with Crippen molar-refractivity contribution in [3.05, 3.63) is 53.6 Å². The van der Waals surface area contributed by atoms with E-state index in [4.69, 9.17) is 0 Å². The standard InChI is InChI=1S/C24H31N3O3/c1-4-5-9-23(28)25-19-10-11-22(21(15-19)24(29)30)26-12-13-27(18(3)16-26)20-8-6-7-17(2)14-20/h6-8,10-11,14-15,18H,4-5,9,12-13,16H2,1-3H3,(H,25,28)(H,29,30)/t18-/m0/s1. The number of anilines is 3. The van der Waals surface area contributed by atoms with E-state index in [-0.39, 0.29) is 17.5 Å². The van der Waals surface area contributed by atoms with Crippen molar-refractivity contribution in [3.8, 4) is 0 Å². The summed E-state index contributed by atoms with van der Waals surface area (Å²) in [6.07, 6.45) is 2.21. The van der Waals surface area contributed by atoms with Crippen molar-refractivity contribution < 1.29 is 14.7 Å². The lowest BCUT2D eigenvalue weighted by Crippen LogP contribution is -2.52. The van der Waals surface area contributed by atoms with E-state index in [1.54, 1.807) is 12.1 Å². The molecule has 1 heterocycles. The maximum absolute atomic E-state index is 12.0. The summed E-state index contributed by atoms with van der Waals surface area (Å²) in [7, 11) is 0. The Labute approximate surface area is 178 Å². The number of carboxylic acid groups (broad SMARTS) is 1.